The molecule has 5 heteroatoms. The minimum Gasteiger partial charge on any atom is -0.481 e. The summed E-state index contributed by atoms with van der Waals surface area (Å²) in [5, 5.41) is 11.7. The van der Waals surface area contributed by atoms with Crippen LogP contribution in [-0.2, 0) is 14.3 Å². The van der Waals surface area contributed by atoms with Crippen LogP contribution in [0.5, 0.6) is 0 Å². The number of ether oxygens (including phenoxy) is 1. The van der Waals surface area contributed by atoms with E-state index in [1.54, 1.807) is 31.2 Å². The van der Waals surface area contributed by atoms with E-state index in [4.69, 9.17) is 9.84 Å². The van der Waals surface area contributed by atoms with Crippen molar-refractivity contribution in [2.45, 2.75) is 31.8 Å². The highest BCUT2D eigenvalue weighted by atomic mass is 16.5. The number of aliphatic carboxylic acids is 1. The first-order valence-corrected chi connectivity index (χ1v) is 6.33. The molecule has 2 atom stereocenters. The van der Waals surface area contributed by atoms with Gasteiger partial charge in [0.25, 0.3) is 5.91 Å². The topological polar surface area (TPSA) is 75.6 Å². The Labute approximate surface area is 111 Å². The third-order valence-corrected chi connectivity index (χ3v) is 3.25. The molecule has 0 radical (unpaired) electrons. The zero-order valence-electron chi connectivity index (χ0n) is 10.8. The van der Waals surface area contributed by atoms with Gasteiger partial charge in [0.1, 0.15) is 6.10 Å². The molecule has 0 aromatic heterocycles. The minimum absolute atomic E-state index is 0.169. The first-order chi connectivity index (χ1) is 9.08. The molecule has 1 aromatic rings. The van der Waals surface area contributed by atoms with Gasteiger partial charge in [0.05, 0.1) is 5.92 Å². The van der Waals surface area contributed by atoms with Crippen LogP contribution in [0.3, 0.4) is 0 Å². The van der Waals surface area contributed by atoms with Crippen LogP contribution in [0, 0.1) is 0 Å². The number of benzene rings is 1. The van der Waals surface area contributed by atoms with Gasteiger partial charge in [0.2, 0.25) is 0 Å². The highest BCUT2D eigenvalue weighted by Gasteiger charge is 2.23. The molecule has 0 saturated carbocycles. The maximum Gasteiger partial charge on any atom is 0.310 e. The van der Waals surface area contributed by atoms with Gasteiger partial charge < -0.3 is 15.2 Å². The summed E-state index contributed by atoms with van der Waals surface area (Å²) >= 11 is 0. The standard InChI is InChI=1S/C14H17NO4/c1-9(14(17)18)10-4-2-5-11(8-10)15-13(16)12-6-3-7-19-12/h2,4-5,8-9,12H,3,6-7H2,1H3,(H,15,16)(H,17,18). The first kappa shape index (κ1) is 13.5. The monoisotopic (exact) mass is 263 g/mol. The molecule has 1 aliphatic heterocycles. The second kappa shape index (κ2) is 5.84. The summed E-state index contributed by atoms with van der Waals surface area (Å²) in [6.07, 6.45) is 1.24. The second-order valence-corrected chi connectivity index (χ2v) is 4.68. The molecule has 19 heavy (non-hydrogen) atoms. The molecule has 1 aliphatic rings. The summed E-state index contributed by atoms with van der Waals surface area (Å²) in [5.41, 5.74) is 1.27. The third kappa shape index (κ3) is 3.32. The van der Waals surface area contributed by atoms with Crippen LogP contribution < -0.4 is 5.32 Å². The number of carbonyl (C=O) groups is 2. The number of carboxylic acid groups (broad SMARTS) is 1. The van der Waals surface area contributed by atoms with Gasteiger partial charge >= 0.3 is 5.97 Å². The Balaban J connectivity index is 2.06. The highest BCUT2D eigenvalue weighted by Crippen LogP contribution is 2.20. The zero-order chi connectivity index (χ0) is 13.8. The Morgan fingerprint density at radius 1 is 1.47 bits per heavy atom. The molecule has 0 aliphatic carbocycles. The van der Waals surface area contributed by atoms with Crippen molar-refractivity contribution in [2.24, 2.45) is 0 Å². The van der Waals surface area contributed by atoms with Crippen LogP contribution in [0.2, 0.25) is 0 Å². The lowest BCUT2D eigenvalue weighted by atomic mass is 10.0. The molecular formula is C14H17NO4. The van der Waals surface area contributed by atoms with Crippen molar-refractivity contribution in [2.75, 3.05) is 11.9 Å². The number of rotatable bonds is 4. The molecule has 1 aromatic carbocycles. The molecule has 2 rings (SSSR count). The Morgan fingerprint density at radius 2 is 2.26 bits per heavy atom. The molecule has 5 nitrogen and oxygen atoms in total. The molecule has 2 N–H and O–H groups in total. The Bertz CT molecular complexity index is 480. The fourth-order valence-corrected chi connectivity index (χ4v) is 2.04. The summed E-state index contributed by atoms with van der Waals surface area (Å²) in [6, 6.07) is 6.90. The summed E-state index contributed by atoms with van der Waals surface area (Å²) in [5.74, 6) is -1.65. The quantitative estimate of drug-likeness (QED) is 0.871. The predicted molar refractivity (Wildman–Crippen MR) is 70.1 cm³/mol. The van der Waals surface area contributed by atoms with Gasteiger partial charge in [0.15, 0.2) is 0 Å². The number of hydrogen-bond donors (Lipinski definition) is 2. The second-order valence-electron chi connectivity index (χ2n) is 4.68. The van der Waals surface area contributed by atoms with Crippen molar-refractivity contribution in [3.63, 3.8) is 0 Å². The summed E-state index contributed by atoms with van der Waals surface area (Å²) < 4.78 is 5.30. The van der Waals surface area contributed by atoms with E-state index in [-0.39, 0.29) is 12.0 Å². The lowest BCUT2D eigenvalue weighted by molar-refractivity contribution is -0.138. The van der Waals surface area contributed by atoms with Crippen molar-refractivity contribution in [3.05, 3.63) is 29.8 Å². The van der Waals surface area contributed by atoms with Crippen LogP contribution in [-0.4, -0.2) is 29.7 Å². The van der Waals surface area contributed by atoms with Crippen LogP contribution in [0.15, 0.2) is 24.3 Å². The number of carbonyl (C=O) groups excluding carboxylic acids is 1. The molecule has 2 unspecified atom stereocenters. The fourth-order valence-electron chi connectivity index (χ4n) is 2.04. The predicted octanol–water partition coefficient (Wildman–Crippen LogP) is 1.99. The normalized spacial score (nSPS) is 19.9. The molecule has 0 bridgehead atoms. The van der Waals surface area contributed by atoms with Crippen LogP contribution in [0.4, 0.5) is 5.69 Å². The molecule has 1 heterocycles. The molecular weight excluding hydrogens is 246 g/mol. The van der Waals surface area contributed by atoms with Crippen LogP contribution in [0.25, 0.3) is 0 Å². The molecule has 1 saturated heterocycles. The van der Waals surface area contributed by atoms with Crippen molar-refractivity contribution in [1.82, 2.24) is 0 Å². The SMILES string of the molecule is CC(C(=O)O)c1cccc(NC(=O)C2CCCO2)c1. The van der Waals surface area contributed by atoms with Crippen LogP contribution >= 0.6 is 0 Å². The van der Waals surface area contributed by atoms with E-state index in [0.717, 1.165) is 12.8 Å². The summed E-state index contributed by atoms with van der Waals surface area (Å²) in [6.45, 7) is 2.23. The largest absolute Gasteiger partial charge is 0.481 e. The van der Waals surface area contributed by atoms with Gasteiger partial charge in [-0.25, -0.2) is 0 Å². The van der Waals surface area contributed by atoms with E-state index in [0.29, 0.717) is 17.9 Å². The molecule has 1 amide bonds. The lowest BCUT2D eigenvalue weighted by Crippen LogP contribution is -2.26. The minimum atomic E-state index is -0.886. The maximum absolute atomic E-state index is 11.9. The highest BCUT2D eigenvalue weighted by molar-refractivity contribution is 5.94. The van der Waals surface area contributed by atoms with E-state index in [1.807, 2.05) is 0 Å². The molecule has 102 valence electrons. The number of anilines is 1. The third-order valence-electron chi connectivity index (χ3n) is 3.25. The number of amides is 1. The van der Waals surface area contributed by atoms with E-state index >= 15 is 0 Å². The number of nitrogens with one attached hydrogen (secondary N) is 1. The van der Waals surface area contributed by atoms with E-state index < -0.39 is 11.9 Å². The lowest BCUT2D eigenvalue weighted by Gasteiger charge is -2.12. The smallest absolute Gasteiger partial charge is 0.310 e. The fraction of sp³-hybridized carbons (Fsp3) is 0.429. The molecule has 1 fully saturated rings. The average molecular weight is 263 g/mol. The van der Waals surface area contributed by atoms with Crippen LogP contribution in [0.1, 0.15) is 31.2 Å². The van der Waals surface area contributed by atoms with Gasteiger partial charge in [-0.2, -0.15) is 0 Å². The zero-order valence-corrected chi connectivity index (χ0v) is 10.8. The van der Waals surface area contributed by atoms with Gasteiger partial charge in [-0.1, -0.05) is 12.1 Å². The summed E-state index contributed by atoms with van der Waals surface area (Å²) in [7, 11) is 0. The molecule has 0 spiro atoms. The first-order valence-electron chi connectivity index (χ1n) is 6.33. The number of hydrogen-bond acceptors (Lipinski definition) is 3. The Kier molecular flexibility index (Phi) is 4.16. The van der Waals surface area contributed by atoms with Crippen molar-refractivity contribution < 1.29 is 19.4 Å². The van der Waals surface area contributed by atoms with Gasteiger partial charge in [0, 0.05) is 12.3 Å². The van der Waals surface area contributed by atoms with Crippen molar-refractivity contribution in [1.29, 1.82) is 0 Å². The Morgan fingerprint density at radius 3 is 2.89 bits per heavy atom. The van der Waals surface area contributed by atoms with E-state index in [9.17, 15) is 9.59 Å². The van der Waals surface area contributed by atoms with Crippen molar-refractivity contribution in [3.8, 4) is 0 Å². The Hall–Kier alpha value is -1.88. The van der Waals surface area contributed by atoms with E-state index in [2.05, 4.69) is 5.32 Å². The van der Waals surface area contributed by atoms with Gasteiger partial charge in [-0.3, -0.25) is 9.59 Å². The average Bonchev–Trinajstić information content (AvgIpc) is 2.92. The van der Waals surface area contributed by atoms with E-state index in [1.165, 1.54) is 0 Å². The number of carboxylic acids is 1. The van der Waals surface area contributed by atoms with Gasteiger partial charge in [-0.15, -0.1) is 0 Å². The summed E-state index contributed by atoms with van der Waals surface area (Å²) in [4.78, 5) is 22.8. The van der Waals surface area contributed by atoms with Gasteiger partial charge in [-0.05, 0) is 37.5 Å². The van der Waals surface area contributed by atoms with Crippen molar-refractivity contribution >= 4 is 17.6 Å². The maximum atomic E-state index is 11.9.